The number of nitrogens with zero attached hydrogens (tertiary/aromatic N) is 2. The van der Waals surface area contributed by atoms with Crippen LogP contribution in [0.15, 0.2) is 18.3 Å². The number of hydrogen-bond acceptors (Lipinski definition) is 5. The molecule has 1 N–H and O–H groups in total. The summed E-state index contributed by atoms with van der Waals surface area (Å²) in [6, 6.07) is 2.71. The van der Waals surface area contributed by atoms with Crippen LogP contribution in [0.4, 0.5) is 19.0 Å². The van der Waals surface area contributed by atoms with E-state index in [1.165, 1.54) is 12.1 Å². The summed E-state index contributed by atoms with van der Waals surface area (Å²) in [5.41, 5.74) is 0. The van der Waals surface area contributed by atoms with Crippen LogP contribution in [0.5, 0.6) is 5.75 Å². The van der Waals surface area contributed by atoms with Crippen molar-refractivity contribution in [1.29, 1.82) is 0 Å². The van der Waals surface area contributed by atoms with Crippen molar-refractivity contribution in [2.45, 2.75) is 12.8 Å². The lowest BCUT2D eigenvalue weighted by molar-refractivity contribution is -0.274. The van der Waals surface area contributed by atoms with Crippen LogP contribution in [-0.4, -0.2) is 55.6 Å². The molecule has 1 fully saturated rings. The zero-order chi connectivity index (χ0) is 15.1. The van der Waals surface area contributed by atoms with Gasteiger partial charge >= 0.3 is 6.36 Å². The average Bonchev–Trinajstić information content (AvgIpc) is 2.45. The van der Waals surface area contributed by atoms with Gasteiger partial charge in [-0.3, -0.25) is 4.90 Å². The van der Waals surface area contributed by atoms with E-state index in [0.717, 1.165) is 45.5 Å². The molecule has 8 heteroatoms. The highest BCUT2D eigenvalue weighted by Gasteiger charge is 2.31. The quantitative estimate of drug-likeness (QED) is 0.816. The summed E-state index contributed by atoms with van der Waals surface area (Å²) in [5, 5.41) is 3.07. The van der Waals surface area contributed by atoms with Gasteiger partial charge in [0.2, 0.25) is 0 Å². The molecule has 1 aliphatic heterocycles. The monoisotopic (exact) mass is 305 g/mol. The number of ether oxygens (including phenoxy) is 2. The summed E-state index contributed by atoms with van der Waals surface area (Å²) in [6.45, 7) is 5.12. The zero-order valence-electron chi connectivity index (χ0n) is 11.5. The Morgan fingerprint density at radius 2 is 2.05 bits per heavy atom. The van der Waals surface area contributed by atoms with Gasteiger partial charge in [-0.2, -0.15) is 0 Å². The Hall–Kier alpha value is -1.54. The Morgan fingerprint density at radius 1 is 1.29 bits per heavy atom. The summed E-state index contributed by atoms with van der Waals surface area (Å²) >= 11 is 0. The molecule has 0 saturated carbocycles. The summed E-state index contributed by atoms with van der Waals surface area (Å²) in [6.07, 6.45) is -2.70. The van der Waals surface area contributed by atoms with Gasteiger partial charge in [0.15, 0.2) is 0 Å². The van der Waals surface area contributed by atoms with Crippen molar-refractivity contribution in [3.05, 3.63) is 18.3 Å². The topological polar surface area (TPSA) is 46.6 Å². The fraction of sp³-hybridized carbons (Fsp3) is 0.615. The van der Waals surface area contributed by atoms with Crippen molar-refractivity contribution < 1.29 is 22.6 Å². The molecule has 0 unspecified atom stereocenters. The fourth-order valence-electron chi connectivity index (χ4n) is 2.02. The molecular weight excluding hydrogens is 287 g/mol. The summed E-state index contributed by atoms with van der Waals surface area (Å²) in [4.78, 5) is 6.20. The first-order valence-electron chi connectivity index (χ1n) is 6.79. The maximum Gasteiger partial charge on any atom is 0.573 e. The molecule has 118 valence electrons. The van der Waals surface area contributed by atoms with Gasteiger partial charge in [0, 0.05) is 19.6 Å². The smallest absolute Gasteiger partial charge is 0.404 e. The highest BCUT2D eigenvalue weighted by atomic mass is 19.4. The van der Waals surface area contributed by atoms with Crippen molar-refractivity contribution in [1.82, 2.24) is 9.88 Å². The molecule has 5 nitrogen and oxygen atoms in total. The third-order valence-corrected chi connectivity index (χ3v) is 3.03. The molecule has 1 aromatic heterocycles. The number of nitrogens with one attached hydrogen (secondary N) is 1. The predicted molar refractivity (Wildman–Crippen MR) is 71.3 cm³/mol. The first-order valence-corrected chi connectivity index (χ1v) is 6.79. The molecule has 0 bridgehead atoms. The molecule has 2 heterocycles. The Kier molecular flexibility index (Phi) is 5.63. The Morgan fingerprint density at radius 3 is 2.67 bits per heavy atom. The zero-order valence-corrected chi connectivity index (χ0v) is 11.5. The predicted octanol–water partition coefficient (Wildman–Crippen LogP) is 2.11. The van der Waals surface area contributed by atoms with Crippen molar-refractivity contribution in [2.75, 3.05) is 44.7 Å². The first kappa shape index (κ1) is 15.8. The van der Waals surface area contributed by atoms with Gasteiger partial charge < -0.3 is 14.8 Å². The first-order chi connectivity index (χ1) is 10.0. The second kappa shape index (κ2) is 7.46. The minimum Gasteiger partial charge on any atom is -0.404 e. The molecule has 2 rings (SSSR count). The van der Waals surface area contributed by atoms with E-state index >= 15 is 0 Å². The second-order valence-corrected chi connectivity index (χ2v) is 4.66. The summed E-state index contributed by atoms with van der Waals surface area (Å²) in [7, 11) is 0. The van der Waals surface area contributed by atoms with Gasteiger partial charge in [-0.1, -0.05) is 0 Å². The highest BCUT2D eigenvalue weighted by Crippen LogP contribution is 2.22. The number of rotatable bonds is 6. The largest absolute Gasteiger partial charge is 0.573 e. The standard InChI is InChI=1S/C13H18F3N3O2/c14-13(15,16)21-11-2-3-12(18-10-11)17-4-1-5-19-6-8-20-9-7-19/h2-3,10H,1,4-9H2,(H,17,18). The number of anilines is 1. The van der Waals surface area contributed by atoms with E-state index in [9.17, 15) is 13.2 Å². The van der Waals surface area contributed by atoms with Crippen LogP contribution in [0.2, 0.25) is 0 Å². The van der Waals surface area contributed by atoms with E-state index in [-0.39, 0.29) is 5.75 Å². The van der Waals surface area contributed by atoms with E-state index in [1.807, 2.05) is 0 Å². The number of hydrogen-bond donors (Lipinski definition) is 1. The highest BCUT2D eigenvalue weighted by molar-refractivity contribution is 5.37. The van der Waals surface area contributed by atoms with Crippen molar-refractivity contribution in [3.63, 3.8) is 0 Å². The number of halogens is 3. The number of morpholine rings is 1. The molecule has 0 spiro atoms. The van der Waals surface area contributed by atoms with Crippen LogP contribution in [0.3, 0.4) is 0 Å². The van der Waals surface area contributed by atoms with Crippen molar-refractivity contribution in [3.8, 4) is 5.75 Å². The average molecular weight is 305 g/mol. The molecule has 1 aliphatic rings. The molecule has 0 amide bonds. The minimum atomic E-state index is -4.69. The molecule has 0 radical (unpaired) electrons. The SMILES string of the molecule is FC(F)(F)Oc1ccc(NCCCN2CCOCC2)nc1. The lowest BCUT2D eigenvalue weighted by Crippen LogP contribution is -2.37. The maximum atomic E-state index is 12.0. The van der Waals surface area contributed by atoms with Crippen LogP contribution < -0.4 is 10.1 Å². The minimum absolute atomic E-state index is 0.318. The normalized spacial score (nSPS) is 16.7. The lowest BCUT2D eigenvalue weighted by Gasteiger charge is -2.26. The van der Waals surface area contributed by atoms with Crippen molar-refractivity contribution in [2.24, 2.45) is 0 Å². The molecule has 1 saturated heterocycles. The Labute approximate surface area is 121 Å². The number of aromatic nitrogens is 1. The van der Waals surface area contributed by atoms with Gasteiger partial charge in [-0.15, -0.1) is 13.2 Å². The Balaban J connectivity index is 1.66. The van der Waals surface area contributed by atoms with E-state index in [1.54, 1.807) is 0 Å². The molecule has 21 heavy (non-hydrogen) atoms. The van der Waals surface area contributed by atoms with Crippen LogP contribution in [0.1, 0.15) is 6.42 Å². The molecule has 1 aromatic rings. The fourth-order valence-corrected chi connectivity index (χ4v) is 2.02. The van der Waals surface area contributed by atoms with E-state index in [2.05, 4.69) is 19.9 Å². The summed E-state index contributed by atoms with van der Waals surface area (Å²) < 4.78 is 45.0. The molecule has 0 aliphatic carbocycles. The summed E-state index contributed by atoms with van der Waals surface area (Å²) in [5.74, 6) is 0.216. The number of pyridine rings is 1. The van der Waals surface area contributed by atoms with Crippen molar-refractivity contribution >= 4 is 5.82 Å². The third-order valence-electron chi connectivity index (χ3n) is 3.03. The van der Waals surface area contributed by atoms with Crippen LogP contribution in [0, 0.1) is 0 Å². The van der Waals surface area contributed by atoms with Gasteiger partial charge in [-0.05, 0) is 25.1 Å². The maximum absolute atomic E-state index is 12.0. The molecule has 0 atom stereocenters. The lowest BCUT2D eigenvalue weighted by atomic mass is 10.3. The molecule has 0 aromatic carbocycles. The van der Waals surface area contributed by atoms with E-state index < -0.39 is 6.36 Å². The molecular formula is C13H18F3N3O2. The third kappa shape index (κ3) is 6.17. The number of alkyl halides is 3. The van der Waals surface area contributed by atoms with Crippen LogP contribution in [0.25, 0.3) is 0 Å². The van der Waals surface area contributed by atoms with Gasteiger partial charge in [-0.25, -0.2) is 4.98 Å². The van der Waals surface area contributed by atoms with Crippen LogP contribution in [-0.2, 0) is 4.74 Å². The second-order valence-electron chi connectivity index (χ2n) is 4.66. The van der Waals surface area contributed by atoms with Crippen LogP contribution >= 0.6 is 0 Å². The van der Waals surface area contributed by atoms with Gasteiger partial charge in [0.25, 0.3) is 0 Å². The Bertz CT molecular complexity index is 420. The van der Waals surface area contributed by atoms with E-state index in [0.29, 0.717) is 12.4 Å². The van der Waals surface area contributed by atoms with Gasteiger partial charge in [0.1, 0.15) is 11.6 Å². The van der Waals surface area contributed by atoms with E-state index in [4.69, 9.17) is 4.74 Å². The van der Waals surface area contributed by atoms with Gasteiger partial charge in [0.05, 0.1) is 19.4 Å².